The SMILES string of the molecule is O=C(O)C1CN(Cc2ccc(-c3noc(C(CC4CCCCC4)c4cccc(Cl)c4)n3)cc2)C1. The summed E-state index contributed by atoms with van der Waals surface area (Å²) in [6.45, 7) is 1.97. The van der Waals surface area contributed by atoms with Gasteiger partial charge in [-0.2, -0.15) is 4.98 Å². The molecule has 2 aliphatic rings. The first-order valence-electron chi connectivity index (χ1n) is 12.2. The van der Waals surface area contributed by atoms with Crippen LogP contribution in [0.1, 0.15) is 61.5 Å². The zero-order valence-electron chi connectivity index (χ0n) is 19.2. The van der Waals surface area contributed by atoms with Gasteiger partial charge in [-0.15, -0.1) is 0 Å². The van der Waals surface area contributed by atoms with Gasteiger partial charge in [-0.1, -0.05) is 85.3 Å². The highest BCUT2D eigenvalue weighted by Crippen LogP contribution is 2.37. The van der Waals surface area contributed by atoms with Gasteiger partial charge in [-0.3, -0.25) is 9.69 Å². The molecule has 178 valence electrons. The van der Waals surface area contributed by atoms with Crippen LogP contribution in [0.4, 0.5) is 0 Å². The van der Waals surface area contributed by atoms with Gasteiger partial charge in [0.15, 0.2) is 0 Å². The molecule has 0 spiro atoms. The Morgan fingerprint density at radius 1 is 1.12 bits per heavy atom. The Morgan fingerprint density at radius 3 is 2.59 bits per heavy atom. The number of rotatable bonds is 8. The lowest BCUT2D eigenvalue weighted by Gasteiger charge is -2.36. The van der Waals surface area contributed by atoms with Crippen molar-refractivity contribution in [3.63, 3.8) is 0 Å². The third kappa shape index (κ3) is 5.34. The molecule has 1 atom stereocenters. The Morgan fingerprint density at radius 2 is 1.88 bits per heavy atom. The van der Waals surface area contributed by atoms with Crippen molar-refractivity contribution in [1.82, 2.24) is 15.0 Å². The van der Waals surface area contributed by atoms with Crippen LogP contribution in [0.25, 0.3) is 11.4 Å². The van der Waals surface area contributed by atoms with Crippen molar-refractivity contribution in [2.45, 2.75) is 51.0 Å². The number of benzene rings is 2. The first-order valence-corrected chi connectivity index (χ1v) is 12.6. The average molecular weight is 480 g/mol. The normalized spacial score (nSPS) is 18.5. The van der Waals surface area contributed by atoms with E-state index in [2.05, 4.69) is 28.3 Å². The first-order chi connectivity index (χ1) is 16.5. The summed E-state index contributed by atoms with van der Waals surface area (Å²) in [6.07, 6.45) is 7.42. The standard InChI is InChI=1S/C27H30ClN3O3/c28-23-8-4-7-21(14-23)24(13-18-5-2-1-3-6-18)26-29-25(30-34-26)20-11-9-19(10-12-20)15-31-16-22(17-31)27(32)33/h4,7-12,14,18,22,24H,1-3,5-6,13,15-17H2,(H,32,33). The zero-order chi connectivity index (χ0) is 23.5. The minimum atomic E-state index is -0.709. The van der Waals surface area contributed by atoms with Crippen molar-refractivity contribution in [3.05, 3.63) is 70.6 Å². The number of carbonyl (C=O) groups is 1. The third-order valence-corrected chi connectivity index (χ3v) is 7.44. The summed E-state index contributed by atoms with van der Waals surface area (Å²) in [5.41, 5.74) is 3.18. The molecule has 1 unspecified atom stereocenters. The summed E-state index contributed by atoms with van der Waals surface area (Å²) in [5, 5.41) is 14.1. The van der Waals surface area contributed by atoms with E-state index in [1.807, 2.05) is 30.3 Å². The smallest absolute Gasteiger partial charge is 0.309 e. The second kappa shape index (κ2) is 10.3. The molecule has 1 aliphatic carbocycles. The van der Waals surface area contributed by atoms with Gasteiger partial charge in [-0.05, 0) is 35.6 Å². The fraction of sp³-hybridized carbons (Fsp3) is 0.444. The quantitative estimate of drug-likeness (QED) is 0.426. The van der Waals surface area contributed by atoms with Crippen LogP contribution in [0.3, 0.4) is 0 Å². The second-order valence-corrected chi connectivity index (χ2v) is 10.2. The molecule has 1 aromatic heterocycles. The van der Waals surface area contributed by atoms with Gasteiger partial charge >= 0.3 is 5.97 Å². The largest absolute Gasteiger partial charge is 0.481 e. The molecule has 34 heavy (non-hydrogen) atoms. The number of hydrogen-bond acceptors (Lipinski definition) is 5. The molecule has 1 saturated heterocycles. The fourth-order valence-corrected chi connectivity index (χ4v) is 5.42. The van der Waals surface area contributed by atoms with Crippen LogP contribution in [-0.4, -0.2) is 39.2 Å². The fourth-order valence-electron chi connectivity index (χ4n) is 5.23. The molecule has 1 aliphatic heterocycles. The summed E-state index contributed by atoms with van der Waals surface area (Å²) in [5.74, 6) is 0.988. The minimum absolute atomic E-state index is 0.0379. The highest BCUT2D eigenvalue weighted by Gasteiger charge is 2.32. The maximum atomic E-state index is 11.0. The van der Waals surface area contributed by atoms with E-state index < -0.39 is 5.97 Å². The Balaban J connectivity index is 1.30. The van der Waals surface area contributed by atoms with E-state index in [-0.39, 0.29) is 11.8 Å². The van der Waals surface area contributed by atoms with Crippen LogP contribution in [0.15, 0.2) is 53.1 Å². The van der Waals surface area contributed by atoms with Crippen LogP contribution >= 0.6 is 11.6 Å². The number of halogens is 1. The maximum absolute atomic E-state index is 11.0. The van der Waals surface area contributed by atoms with Gasteiger partial charge in [0, 0.05) is 30.2 Å². The number of aliphatic carboxylic acids is 1. The first kappa shape index (κ1) is 23.1. The molecular formula is C27H30ClN3O3. The summed E-state index contributed by atoms with van der Waals surface area (Å²) >= 11 is 6.31. The number of nitrogens with zero attached hydrogens (tertiary/aromatic N) is 3. The zero-order valence-corrected chi connectivity index (χ0v) is 20.0. The lowest BCUT2D eigenvalue weighted by molar-refractivity contribution is -0.147. The van der Waals surface area contributed by atoms with Gasteiger partial charge in [-0.25, -0.2) is 0 Å². The predicted octanol–water partition coefficient (Wildman–Crippen LogP) is 6.01. The monoisotopic (exact) mass is 479 g/mol. The molecule has 6 nitrogen and oxygen atoms in total. The van der Waals surface area contributed by atoms with E-state index in [0.717, 1.165) is 34.7 Å². The van der Waals surface area contributed by atoms with E-state index in [1.54, 1.807) is 0 Å². The van der Waals surface area contributed by atoms with E-state index in [0.29, 0.717) is 30.7 Å². The number of likely N-dealkylation sites (tertiary alicyclic amines) is 1. The topological polar surface area (TPSA) is 79.5 Å². The average Bonchev–Trinajstić information content (AvgIpc) is 3.30. The van der Waals surface area contributed by atoms with Gasteiger partial charge in [0.05, 0.1) is 11.8 Å². The van der Waals surface area contributed by atoms with Crippen LogP contribution in [0.2, 0.25) is 5.02 Å². The van der Waals surface area contributed by atoms with Crippen molar-refractivity contribution in [2.24, 2.45) is 11.8 Å². The van der Waals surface area contributed by atoms with Crippen molar-refractivity contribution in [1.29, 1.82) is 0 Å². The Labute approximate surface area is 204 Å². The lowest BCUT2D eigenvalue weighted by atomic mass is 9.80. The van der Waals surface area contributed by atoms with Crippen molar-refractivity contribution < 1.29 is 14.4 Å². The molecular weight excluding hydrogens is 450 g/mol. The van der Waals surface area contributed by atoms with E-state index in [1.165, 1.54) is 32.1 Å². The molecule has 2 fully saturated rings. The molecule has 7 heteroatoms. The molecule has 1 N–H and O–H groups in total. The summed E-state index contributed by atoms with van der Waals surface area (Å²) in [7, 11) is 0. The van der Waals surface area contributed by atoms with Crippen molar-refractivity contribution >= 4 is 17.6 Å². The van der Waals surface area contributed by atoms with Crippen LogP contribution in [0.5, 0.6) is 0 Å². The Kier molecular flexibility index (Phi) is 6.97. The Bertz CT molecular complexity index is 1120. The molecule has 0 radical (unpaired) electrons. The highest BCUT2D eigenvalue weighted by atomic mass is 35.5. The summed E-state index contributed by atoms with van der Waals surface area (Å²) in [4.78, 5) is 17.9. The number of carboxylic acids is 1. The third-order valence-electron chi connectivity index (χ3n) is 7.21. The second-order valence-electron chi connectivity index (χ2n) is 9.73. The predicted molar refractivity (Wildman–Crippen MR) is 131 cm³/mol. The van der Waals surface area contributed by atoms with Crippen molar-refractivity contribution in [2.75, 3.05) is 13.1 Å². The van der Waals surface area contributed by atoms with Crippen LogP contribution < -0.4 is 0 Å². The minimum Gasteiger partial charge on any atom is -0.481 e. The van der Waals surface area contributed by atoms with E-state index in [4.69, 9.17) is 26.2 Å². The van der Waals surface area contributed by atoms with Gasteiger partial charge in [0.25, 0.3) is 0 Å². The molecule has 5 rings (SSSR count). The summed E-state index contributed by atoms with van der Waals surface area (Å²) in [6, 6.07) is 16.1. The maximum Gasteiger partial charge on any atom is 0.309 e. The molecule has 0 bridgehead atoms. The van der Waals surface area contributed by atoms with Gasteiger partial charge < -0.3 is 9.63 Å². The lowest BCUT2D eigenvalue weighted by Crippen LogP contribution is -2.49. The number of hydrogen-bond donors (Lipinski definition) is 1. The van der Waals surface area contributed by atoms with E-state index in [9.17, 15) is 4.79 Å². The Hall–Kier alpha value is -2.70. The molecule has 2 aromatic carbocycles. The van der Waals surface area contributed by atoms with Crippen LogP contribution in [0, 0.1) is 11.8 Å². The molecule has 1 saturated carbocycles. The van der Waals surface area contributed by atoms with Gasteiger partial charge in [0.1, 0.15) is 0 Å². The molecule has 3 aromatic rings. The molecule has 2 heterocycles. The van der Waals surface area contributed by atoms with Crippen molar-refractivity contribution in [3.8, 4) is 11.4 Å². The highest BCUT2D eigenvalue weighted by molar-refractivity contribution is 6.30. The van der Waals surface area contributed by atoms with Gasteiger partial charge in [0.2, 0.25) is 11.7 Å². The molecule has 0 amide bonds. The summed E-state index contributed by atoms with van der Waals surface area (Å²) < 4.78 is 5.80. The number of aromatic nitrogens is 2. The number of carboxylic acid groups (broad SMARTS) is 1. The van der Waals surface area contributed by atoms with E-state index >= 15 is 0 Å². The van der Waals surface area contributed by atoms with Crippen LogP contribution in [-0.2, 0) is 11.3 Å².